The van der Waals surface area contributed by atoms with Gasteiger partial charge in [0.05, 0.1) is 20.3 Å². The third-order valence-electron chi connectivity index (χ3n) is 3.44. The summed E-state index contributed by atoms with van der Waals surface area (Å²) >= 11 is 0. The molecule has 1 aromatic carbocycles. The lowest BCUT2D eigenvalue weighted by Crippen LogP contribution is -3.00. The maximum atomic E-state index is 5.34. The number of hydrogen-bond acceptors (Lipinski definition) is 4. The molecular formula is C15H24Cl2N2O2-2. The van der Waals surface area contributed by atoms with E-state index in [4.69, 9.17) is 9.47 Å². The lowest BCUT2D eigenvalue weighted by molar-refractivity contribution is -0.001000. The molecule has 1 aliphatic rings. The molecule has 0 amide bonds. The molecule has 1 fully saturated rings. The third kappa shape index (κ3) is 7.34. The zero-order valence-electron chi connectivity index (χ0n) is 12.5. The van der Waals surface area contributed by atoms with Crippen LogP contribution in [0, 0.1) is 0 Å². The first-order chi connectivity index (χ1) is 9.40. The van der Waals surface area contributed by atoms with Crippen molar-refractivity contribution in [1.29, 1.82) is 0 Å². The summed E-state index contributed by atoms with van der Waals surface area (Å²) < 4.78 is 10.7. The molecule has 0 unspecified atom stereocenters. The first kappa shape index (κ1) is 20.5. The number of para-hydroxylation sites is 1. The molecule has 1 aliphatic heterocycles. The summed E-state index contributed by atoms with van der Waals surface area (Å²) in [6.07, 6.45) is 1.18. The summed E-state index contributed by atoms with van der Waals surface area (Å²) in [5.74, 6) is 0.961. The quantitative estimate of drug-likeness (QED) is 0.510. The monoisotopic (exact) mass is 334 g/mol. The van der Waals surface area contributed by atoms with E-state index in [-0.39, 0.29) is 24.8 Å². The van der Waals surface area contributed by atoms with Gasteiger partial charge in [-0.3, -0.25) is 4.90 Å². The lowest BCUT2D eigenvalue weighted by atomic mass is 10.2. The van der Waals surface area contributed by atoms with Crippen molar-refractivity contribution in [2.75, 3.05) is 46.5 Å². The number of ether oxygens (including phenoxy) is 2. The van der Waals surface area contributed by atoms with E-state index >= 15 is 0 Å². The van der Waals surface area contributed by atoms with Crippen molar-refractivity contribution in [2.24, 2.45) is 0 Å². The van der Waals surface area contributed by atoms with Gasteiger partial charge in [-0.25, -0.2) is 0 Å². The highest BCUT2D eigenvalue weighted by atomic mass is 35.5. The van der Waals surface area contributed by atoms with Crippen LogP contribution in [0.5, 0.6) is 5.75 Å². The molecule has 122 valence electrons. The fraction of sp³-hybridized carbons (Fsp3) is 0.600. The van der Waals surface area contributed by atoms with Crippen LogP contribution >= 0.6 is 0 Å². The molecule has 1 saturated heterocycles. The molecule has 6 heteroatoms. The van der Waals surface area contributed by atoms with Crippen LogP contribution in [-0.4, -0.2) is 51.4 Å². The summed E-state index contributed by atoms with van der Waals surface area (Å²) in [6, 6.07) is 8.16. The Hall–Kier alpha value is -0.520. The molecule has 4 nitrogen and oxygen atoms in total. The second-order valence-corrected chi connectivity index (χ2v) is 4.80. The molecule has 0 atom stereocenters. The summed E-state index contributed by atoms with van der Waals surface area (Å²) in [5.41, 5.74) is 1.22. The standard InChI is InChI=1S/C15H24N2O2.2ClH/c1-18-15-6-3-2-5-14(15)13-16-7-4-8-17-9-11-19-12-10-17;;/h2-3,5-6,16H,4,7-13H2,1H3;2*1H/p-2. The number of benzene rings is 1. The summed E-state index contributed by atoms with van der Waals surface area (Å²) in [6.45, 7) is 6.98. The lowest BCUT2D eigenvalue weighted by Gasteiger charge is -2.26. The molecule has 1 heterocycles. The Morgan fingerprint density at radius 2 is 1.90 bits per heavy atom. The van der Waals surface area contributed by atoms with Crippen molar-refractivity contribution >= 4 is 0 Å². The number of rotatable bonds is 7. The van der Waals surface area contributed by atoms with Crippen molar-refractivity contribution in [3.8, 4) is 5.75 Å². The minimum atomic E-state index is 0. The van der Waals surface area contributed by atoms with Crippen LogP contribution in [0.25, 0.3) is 0 Å². The van der Waals surface area contributed by atoms with Crippen LogP contribution in [0.15, 0.2) is 24.3 Å². The fourth-order valence-corrected chi connectivity index (χ4v) is 2.32. The first-order valence-corrected chi connectivity index (χ1v) is 7.03. The van der Waals surface area contributed by atoms with E-state index in [1.807, 2.05) is 18.2 Å². The number of halogens is 2. The molecular weight excluding hydrogens is 311 g/mol. The van der Waals surface area contributed by atoms with Gasteiger partial charge in [0.2, 0.25) is 0 Å². The minimum Gasteiger partial charge on any atom is -1.00 e. The molecule has 2 rings (SSSR count). The predicted molar refractivity (Wildman–Crippen MR) is 76.6 cm³/mol. The molecule has 0 aliphatic carbocycles. The van der Waals surface area contributed by atoms with E-state index in [9.17, 15) is 0 Å². The number of methoxy groups -OCH3 is 1. The molecule has 0 spiro atoms. The van der Waals surface area contributed by atoms with Gasteiger partial charge >= 0.3 is 0 Å². The van der Waals surface area contributed by atoms with Crippen molar-refractivity contribution in [3.63, 3.8) is 0 Å². The zero-order chi connectivity index (χ0) is 13.3. The van der Waals surface area contributed by atoms with E-state index in [0.29, 0.717) is 0 Å². The largest absolute Gasteiger partial charge is 1.00 e. The Morgan fingerprint density at radius 3 is 2.62 bits per heavy atom. The molecule has 0 saturated carbocycles. The van der Waals surface area contributed by atoms with Crippen LogP contribution in [0.3, 0.4) is 0 Å². The van der Waals surface area contributed by atoms with Gasteiger partial charge in [-0.1, -0.05) is 18.2 Å². The van der Waals surface area contributed by atoms with Gasteiger partial charge in [0.25, 0.3) is 0 Å². The second-order valence-electron chi connectivity index (χ2n) is 4.80. The molecule has 1 aromatic rings. The topological polar surface area (TPSA) is 33.7 Å². The highest BCUT2D eigenvalue weighted by molar-refractivity contribution is 5.32. The van der Waals surface area contributed by atoms with Gasteiger partial charge in [0.1, 0.15) is 5.75 Å². The van der Waals surface area contributed by atoms with Gasteiger partial charge in [-0.2, -0.15) is 0 Å². The van der Waals surface area contributed by atoms with Gasteiger partial charge in [-0.15, -0.1) is 0 Å². The van der Waals surface area contributed by atoms with Crippen molar-refractivity contribution in [1.82, 2.24) is 10.2 Å². The van der Waals surface area contributed by atoms with E-state index in [1.165, 1.54) is 12.0 Å². The molecule has 0 radical (unpaired) electrons. The highest BCUT2D eigenvalue weighted by Gasteiger charge is 2.09. The third-order valence-corrected chi connectivity index (χ3v) is 3.44. The van der Waals surface area contributed by atoms with E-state index < -0.39 is 0 Å². The van der Waals surface area contributed by atoms with Gasteiger partial charge in [-0.05, 0) is 25.6 Å². The van der Waals surface area contributed by atoms with Crippen molar-refractivity contribution in [2.45, 2.75) is 13.0 Å². The summed E-state index contributed by atoms with van der Waals surface area (Å²) in [5, 5.41) is 3.48. The van der Waals surface area contributed by atoms with Crippen LogP contribution < -0.4 is 34.9 Å². The van der Waals surface area contributed by atoms with Crippen LogP contribution in [-0.2, 0) is 11.3 Å². The Morgan fingerprint density at radius 1 is 1.19 bits per heavy atom. The Kier molecular flexibility index (Phi) is 11.8. The van der Waals surface area contributed by atoms with Crippen LogP contribution in [0.1, 0.15) is 12.0 Å². The van der Waals surface area contributed by atoms with Crippen LogP contribution in [0.2, 0.25) is 0 Å². The molecule has 1 N–H and O–H groups in total. The maximum Gasteiger partial charge on any atom is 0.123 e. The second kappa shape index (κ2) is 12.1. The summed E-state index contributed by atoms with van der Waals surface area (Å²) in [4.78, 5) is 2.47. The average molecular weight is 335 g/mol. The van der Waals surface area contributed by atoms with Crippen molar-refractivity contribution in [3.05, 3.63) is 29.8 Å². The molecule has 21 heavy (non-hydrogen) atoms. The fourth-order valence-electron chi connectivity index (χ4n) is 2.32. The Labute approximate surface area is 140 Å². The number of nitrogens with one attached hydrogen (secondary N) is 1. The normalized spacial score (nSPS) is 14.9. The highest BCUT2D eigenvalue weighted by Crippen LogP contribution is 2.16. The van der Waals surface area contributed by atoms with E-state index in [2.05, 4.69) is 16.3 Å². The number of morpholine rings is 1. The summed E-state index contributed by atoms with van der Waals surface area (Å²) in [7, 11) is 1.72. The first-order valence-electron chi connectivity index (χ1n) is 7.03. The average Bonchev–Trinajstić information content (AvgIpc) is 2.48. The van der Waals surface area contributed by atoms with Crippen molar-refractivity contribution < 1.29 is 34.3 Å². The molecule has 0 aromatic heterocycles. The smallest absolute Gasteiger partial charge is 0.123 e. The van der Waals surface area contributed by atoms with E-state index in [0.717, 1.165) is 51.7 Å². The Bertz CT molecular complexity index is 374. The molecule has 0 bridgehead atoms. The maximum absolute atomic E-state index is 5.34. The number of hydrogen-bond donors (Lipinski definition) is 1. The van der Waals surface area contributed by atoms with Gasteiger partial charge in [0, 0.05) is 25.2 Å². The Balaban J connectivity index is 0.00000200. The predicted octanol–water partition coefficient (Wildman–Crippen LogP) is -4.48. The van der Waals surface area contributed by atoms with Crippen LogP contribution in [0.4, 0.5) is 0 Å². The minimum absolute atomic E-state index is 0. The van der Waals surface area contributed by atoms with E-state index in [1.54, 1.807) is 7.11 Å². The van der Waals surface area contributed by atoms with Gasteiger partial charge < -0.3 is 39.6 Å². The zero-order valence-corrected chi connectivity index (χ0v) is 14.0. The SMILES string of the molecule is COc1ccccc1CNCCCN1CCOCC1.[Cl-].[Cl-]. The number of nitrogens with zero attached hydrogens (tertiary/aromatic N) is 1. The van der Waals surface area contributed by atoms with Gasteiger partial charge in [0.15, 0.2) is 0 Å².